The van der Waals surface area contributed by atoms with E-state index in [1.165, 1.54) is 19.1 Å². The van der Waals surface area contributed by atoms with E-state index in [4.69, 9.17) is 14.2 Å². The van der Waals surface area contributed by atoms with Crippen LogP contribution in [0.4, 0.5) is 0 Å². The zero-order valence-electron chi connectivity index (χ0n) is 13.5. The van der Waals surface area contributed by atoms with E-state index in [9.17, 15) is 14.4 Å². The van der Waals surface area contributed by atoms with Crippen LogP contribution in [0.2, 0.25) is 0 Å². The van der Waals surface area contributed by atoms with E-state index in [0.29, 0.717) is 24.5 Å². The highest BCUT2D eigenvalue weighted by Gasteiger charge is 2.36. The zero-order valence-corrected chi connectivity index (χ0v) is 13.5. The molecule has 1 aromatic rings. The molecular formula is C18H18O6. The summed E-state index contributed by atoms with van der Waals surface area (Å²) in [5.41, 5.74) is 0.710. The molecule has 0 saturated heterocycles. The Bertz CT molecular complexity index is 701. The monoisotopic (exact) mass is 330 g/mol. The molecule has 2 rings (SSSR count). The van der Waals surface area contributed by atoms with E-state index in [1.807, 2.05) is 0 Å². The van der Waals surface area contributed by atoms with Gasteiger partial charge in [-0.3, -0.25) is 14.4 Å². The van der Waals surface area contributed by atoms with Gasteiger partial charge in [0.05, 0.1) is 6.61 Å². The average molecular weight is 330 g/mol. The van der Waals surface area contributed by atoms with Gasteiger partial charge in [-0.2, -0.15) is 0 Å². The van der Waals surface area contributed by atoms with E-state index in [2.05, 4.69) is 0 Å². The first-order chi connectivity index (χ1) is 11.5. The minimum atomic E-state index is -1.42. The van der Waals surface area contributed by atoms with Crippen LogP contribution in [0.15, 0.2) is 42.2 Å². The van der Waals surface area contributed by atoms with Crippen LogP contribution in [-0.2, 0) is 23.9 Å². The van der Waals surface area contributed by atoms with Crippen LogP contribution >= 0.6 is 0 Å². The molecule has 0 spiro atoms. The number of benzene rings is 1. The molecule has 1 atom stereocenters. The molecule has 0 bridgehead atoms. The molecule has 0 unspecified atom stereocenters. The Morgan fingerprint density at radius 2 is 2.08 bits per heavy atom. The normalized spacial score (nSPS) is 17.6. The van der Waals surface area contributed by atoms with Gasteiger partial charge in [-0.1, -0.05) is 18.2 Å². The molecule has 6 nitrogen and oxygen atoms in total. The Kier molecular flexibility index (Phi) is 6.03. The minimum absolute atomic E-state index is 0.193. The molecule has 1 aliphatic heterocycles. The first kappa shape index (κ1) is 17.6. The van der Waals surface area contributed by atoms with Crippen LogP contribution in [0.5, 0.6) is 5.75 Å². The fraction of sp³-hybridized carbons (Fsp3) is 0.278. The van der Waals surface area contributed by atoms with Gasteiger partial charge in [0.15, 0.2) is 17.5 Å². The summed E-state index contributed by atoms with van der Waals surface area (Å²) in [6.45, 7) is 2.37. The molecular weight excluding hydrogens is 312 g/mol. The third-order valence-corrected chi connectivity index (χ3v) is 3.27. The van der Waals surface area contributed by atoms with Gasteiger partial charge in [-0.25, -0.2) is 0 Å². The van der Waals surface area contributed by atoms with Crippen molar-refractivity contribution in [1.82, 2.24) is 0 Å². The largest absolute Gasteiger partial charge is 0.491 e. The lowest BCUT2D eigenvalue weighted by molar-refractivity contribution is -0.151. The predicted molar refractivity (Wildman–Crippen MR) is 86.2 cm³/mol. The first-order valence-electron chi connectivity index (χ1n) is 7.39. The lowest BCUT2D eigenvalue weighted by Gasteiger charge is -2.15. The molecule has 0 aliphatic carbocycles. The van der Waals surface area contributed by atoms with E-state index in [-0.39, 0.29) is 5.76 Å². The third-order valence-electron chi connectivity index (χ3n) is 3.27. The van der Waals surface area contributed by atoms with Crippen molar-refractivity contribution in [1.29, 1.82) is 0 Å². The molecule has 24 heavy (non-hydrogen) atoms. The Morgan fingerprint density at radius 1 is 1.29 bits per heavy atom. The average Bonchev–Trinajstić information content (AvgIpc) is 2.52. The summed E-state index contributed by atoms with van der Waals surface area (Å²) in [6, 6.07) is 7.07. The van der Waals surface area contributed by atoms with Crippen molar-refractivity contribution >= 4 is 23.6 Å². The molecule has 0 fully saturated rings. The molecule has 0 aromatic heterocycles. The number of rotatable bonds is 7. The highest BCUT2D eigenvalue weighted by Crippen LogP contribution is 2.18. The van der Waals surface area contributed by atoms with E-state index in [1.54, 1.807) is 31.4 Å². The predicted octanol–water partition coefficient (Wildman–Crippen LogP) is 1.94. The summed E-state index contributed by atoms with van der Waals surface area (Å²) < 4.78 is 15.2. The molecule has 0 amide bonds. The quantitative estimate of drug-likeness (QED) is 0.329. The second-order valence-corrected chi connectivity index (χ2v) is 5.16. The van der Waals surface area contributed by atoms with E-state index < -0.39 is 23.5 Å². The summed E-state index contributed by atoms with van der Waals surface area (Å²) in [7, 11) is 1.59. The Balaban J connectivity index is 2.05. The summed E-state index contributed by atoms with van der Waals surface area (Å²) in [6.07, 6.45) is 3.88. The number of carbonyl (C=O) groups excluding carboxylic acids is 3. The van der Waals surface area contributed by atoms with Gasteiger partial charge in [0.25, 0.3) is 0 Å². The number of esters is 1. The Labute approximate surface area is 139 Å². The maximum absolute atomic E-state index is 12.1. The van der Waals surface area contributed by atoms with Crippen LogP contribution in [0, 0.1) is 5.92 Å². The highest BCUT2D eigenvalue weighted by atomic mass is 16.5. The summed E-state index contributed by atoms with van der Waals surface area (Å²) >= 11 is 0. The fourth-order valence-corrected chi connectivity index (χ4v) is 2.13. The van der Waals surface area contributed by atoms with Crippen LogP contribution in [0.25, 0.3) is 6.08 Å². The smallest absolute Gasteiger partial charge is 0.329 e. The number of hydrogen-bond donors (Lipinski definition) is 0. The van der Waals surface area contributed by atoms with Gasteiger partial charge >= 0.3 is 5.97 Å². The number of allylic oxidation sites excluding steroid dienone is 3. The first-order valence-corrected chi connectivity index (χ1v) is 7.39. The highest BCUT2D eigenvalue weighted by molar-refractivity contribution is 6.25. The van der Waals surface area contributed by atoms with Crippen LogP contribution in [-0.4, -0.2) is 37.9 Å². The van der Waals surface area contributed by atoms with Gasteiger partial charge in [0.2, 0.25) is 0 Å². The van der Waals surface area contributed by atoms with Crippen LogP contribution in [0.1, 0.15) is 12.5 Å². The number of methoxy groups -OCH3 is 1. The molecule has 0 saturated carbocycles. The van der Waals surface area contributed by atoms with Crippen molar-refractivity contribution in [2.24, 2.45) is 5.92 Å². The van der Waals surface area contributed by atoms with Crippen molar-refractivity contribution in [2.75, 3.05) is 20.3 Å². The van der Waals surface area contributed by atoms with Gasteiger partial charge < -0.3 is 14.2 Å². The maximum Gasteiger partial charge on any atom is 0.329 e. The molecule has 6 heteroatoms. The summed E-state index contributed by atoms with van der Waals surface area (Å²) in [4.78, 5) is 35.6. The van der Waals surface area contributed by atoms with Crippen LogP contribution in [0.3, 0.4) is 0 Å². The number of ketones is 2. The molecule has 1 aliphatic rings. The Hall–Kier alpha value is -2.73. The number of cyclic esters (lactones) is 1. The van der Waals surface area contributed by atoms with Gasteiger partial charge in [0.1, 0.15) is 18.1 Å². The Morgan fingerprint density at radius 3 is 2.79 bits per heavy atom. The topological polar surface area (TPSA) is 78.9 Å². The van der Waals surface area contributed by atoms with Gasteiger partial charge in [-0.15, -0.1) is 0 Å². The summed E-state index contributed by atoms with van der Waals surface area (Å²) in [5.74, 6) is -2.61. The zero-order chi connectivity index (χ0) is 17.5. The van der Waals surface area contributed by atoms with E-state index >= 15 is 0 Å². The second kappa shape index (κ2) is 8.21. The van der Waals surface area contributed by atoms with E-state index in [0.717, 1.165) is 6.08 Å². The number of ether oxygens (including phenoxy) is 3. The standard InChI is InChI=1S/C18H18O6/c1-12-10-16(20)17(18(21)24-12)15(19)7-6-13-4-3-5-14(11-13)23-9-8-22-2/h3-7,10-11,17H,8-9H2,1-2H3/b7-6+/t17-/m1/s1. The van der Waals surface area contributed by atoms with Crippen molar-refractivity contribution in [3.05, 3.63) is 47.7 Å². The van der Waals surface area contributed by atoms with Crippen molar-refractivity contribution in [3.8, 4) is 5.75 Å². The lowest BCUT2D eigenvalue weighted by Crippen LogP contribution is -2.34. The fourth-order valence-electron chi connectivity index (χ4n) is 2.13. The minimum Gasteiger partial charge on any atom is -0.491 e. The SMILES string of the molecule is COCCOc1cccc(/C=C/C(=O)[C@@H]2C(=O)C=C(C)OC2=O)c1. The lowest BCUT2D eigenvalue weighted by atomic mass is 9.96. The van der Waals surface area contributed by atoms with Crippen molar-refractivity contribution in [3.63, 3.8) is 0 Å². The molecule has 126 valence electrons. The summed E-state index contributed by atoms with van der Waals surface area (Å²) in [5, 5.41) is 0. The third kappa shape index (κ3) is 4.63. The van der Waals surface area contributed by atoms with Crippen LogP contribution < -0.4 is 4.74 Å². The maximum atomic E-state index is 12.1. The van der Waals surface area contributed by atoms with Crippen molar-refractivity contribution in [2.45, 2.75) is 6.92 Å². The molecule has 0 radical (unpaired) electrons. The molecule has 0 N–H and O–H groups in total. The molecule has 1 aromatic carbocycles. The van der Waals surface area contributed by atoms with Gasteiger partial charge in [0, 0.05) is 13.2 Å². The molecule has 1 heterocycles. The van der Waals surface area contributed by atoms with Crippen molar-refractivity contribution < 1.29 is 28.6 Å². The second-order valence-electron chi connectivity index (χ2n) is 5.16. The van der Waals surface area contributed by atoms with Gasteiger partial charge in [-0.05, 0) is 30.7 Å². The number of hydrogen-bond acceptors (Lipinski definition) is 6. The number of carbonyl (C=O) groups is 3.